The molecule has 4 nitrogen and oxygen atoms in total. The van der Waals surface area contributed by atoms with Crippen molar-refractivity contribution in [3.63, 3.8) is 0 Å². The lowest BCUT2D eigenvalue weighted by Gasteiger charge is -2.23. The molecule has 36 heavy (non-hydrogen) atoms. The molecule has 0 saturated carbocycles. The van der Waals surface area contributed by atoms with Crippen molar-refractivity contribution in [2.75, 3.05) is 0 Å². The van der Waals surface area contributed by atoms with E-state index in [2.05, 4.69) is 93.5 Å². The van der Waals surface area contributed by atoms with Gasteiger partial charge in [0.25, 0.3) is 0 Å². The topological polar surface area (TPSA) is 30.9 Å². The highest BCUT2D eigenvalue weighted by atomic mass is 19.5. The summed E-state index contributed by atoms with van der Waals surface area (Å²) in [7, 11) is -6.00. The van der Waals surface area contributed by atoms with Gasteiger partial charge in [-0.2, -0.15) is 0 Å². The number of nitrogens with zero attached hydrogens (tertiary/aromatic N) is 3. The third kappa shape index (κ3) is 5.36. The summed E-state index contributed by atoms with van der Waals surface area (Å²) in [5.74, 6) is 2.37. The monoisotopic (exact) mass is 503 g/mol. The molecule has 2 unspecified atom stereocenters. The Bertz CT molecular complexity index is 1200. The van der Waals surface area contributed by atoms with E-state index in [1.165, 1.54) is 33.5 Å². The van der Waals surface area contributed by atoms with Crippen LogP contribution in [0.3, 0.4) is 0 Å². The zero-order valence-electron chi connectivity index (χ0n) is 21.7. The van der Waals surface area contributed by atoms with Crippen LogP contribution in [0.15, 0.2) is 42.7 Å². The summed E-state index contributed by atoms with van der Waals surface area (Å²) in [6.45, 7) is 14.3. The highest BCUT2D eigenvalue weighted by molar-refractivity contribution is 6.50. The number of hydrogen-bond donors (Lipinski definition) is 0. The quantitative estimate of drug-likeness (QED) is 0.221. The smallest absolute Gasteiger partial charge is 0.418 e. The minimum atomic E-state index is -6.00. The molecular weight excluding hydrogens is 469 g/mol. The van der Waals surface area contributed by atoms with E-state index >= 15 is 0 Å². The van der Waals surface area contributed by atoms with Crippen LogP contribution in [0.25, 0.3) is 5.69 Å². The van der Waals surface area contributed by atoms with E-state index in [1.54, 1.807) is 0 Å². The van der Waals surface area contributed by atoms with Crippen molar-refractivity contribution in [3.8, 4) is 5.69 Å². The van der Waals surface area contributed by atoms with Crippen molar-refractivity contribution in [2.24, 2.45) is 0 Å². The Morgan fingerprint density at radius 3 is 2.08 bits per heavy atom. The van der Waals surface area contributed by atoms with Crippen LogP contribution in [0.2, 0.25) is 0 Å². The summed E-state index contributed by atoms with van der Waals surface area (Å²) in [6.07, 6.45) is 3.40. The molecule has 3 aromatic rings. The van der Waals surface area contributed by atoms with Crippen molar-refractivity contribution in [2.45, 2.75) is 84.5 Å². The number of aromatic nitrogens is 3. The largest absolute Gasteiger partial charge is 0.673 e. The molecule has 2 heterocycles. The van der Waals surface area contributed by atoms with Crippen LogP contribution in [0, 0.1) is 0 Å². The molecule has 9 heteroatoms. The average molecular weight is 503 g/mol. The summed E-state index contributed by atoms with van der Waals surface area (Å²) < 4.78 is 49.8. The maximum Gasteiger partial charge on any atom is 0.673 e. The molecule has 1 aliphatic heterocycles. The zero-order valence-corrected chi connectivity index (χ0v) is 21.7. The maximum absolute atomic E-state index is 9.75. The second-order valence-electron chi connectivity index (χ2n) is 10.6. The molecule has 2 atom stereocenters. The van der Waals surface area contributed by atoms with Crippen molar-refractivity contribution in [1.29, 1.82) is 0 Å². The Kier molecular flexibility index (Phi) is 7.33. The molecule has 2 aliphatic rings. The summed E-state index contributed by atoms with van der Waals surface area (Å²) >= 11 is 0. The van der Waals surface area contributed by atoms with Gasteiger partial charge in [0.1, 0.15) is 24.4 Å². The van der Waals surface area contributed by atoms with E-state index in [9.17, 15) is 17.3 Å². The summed E-state index contributed by atoms with van der Waals surface area (Å²) in [5, 5.41) is 5.07. The van der Waals surface area contributed by atoms with Gasteiger partial charge in [-0.3, -0.25) is 0 Å². The van der Waals surface area contributed by atoms with Crippen molar-refractivity contribution in [3.05, 3.63) is 76.4 Å². The van der Waals surface area contributed by atoms with Crippen LogP contribution in [-0.4, -0.2) is 23.1 Å². The van der Waals surface area contributed by atoms with Gasteiger partial charge >= 0.3 is 13.1 Å². The lowest BCUT2D eigenvalue weighted by atomic mass is 9.87. The summed E-state index contributed by atoms with van der Waals surface area (Å²) in [6, 6.07) is 13.8. The van der Waals surface area contributed by atoms with Crippen LogP contribution in [0.5, 0.6) is 0 Å². The molecule has 1 aromatic heterocycles. The minimum Gasteiger partial charge on any atom is -0.418 e. The molecule has 0 amide bonds. The predicted octanol–water partition coefficient (Wildman–Crippen LogP) is 6.87. The SMILES string of the molecule is CC(C)c1cc(C(C)C)c(-n2c[n+]3c(n2)COC2Cc4ccccc4C23)c(C(C)C)c1.F[B-](F)(F)F. The Labute approximate surface area is 210 Å². The van der Waals surface area contributed by atoms with E-state index < -0.39 is 7.25 Å². The normalized spacial score (nSPS) is 18.7. The first-order chi connectivity index (χ1) is 16.8. The van der Waals surface area contributed by atoms with Crippen molar-refractivity contribution < 1.29 is 26.6 Å². The molecule has 1 aliphatic carbocycles. The first-order valence-electron chi connectivity index (χ1n) is 12.6. The van der Waals surface area contributed by atoms with E-state index in [0.29, 0.717) is 24.4 Å². The van der Waals surface area contributed by atoms with Crippen molar-refractivity contribution in [1.82, 2.24) is 9.78 Å². The number of hydrogen-bond acceptors (Lipinski definition) is 2. The lowest BCUT2D eigenvalue weighted by molar-refractivity contribution is -0.739. The van der Waals surface area contributed by atoms with Gasteiger partial charge in [0, 0.05) is 11.5 Å². The Morgan fingerprint density at radius 2 is 1.53 bits per heavy atom. The minimum absolute atomic E-state index is 0.199. The van der Waals surface area contributed by atoms with Crippen LogP contribution in [-0.2, 0) is 17.8 Å². The fraction of sp³-hybridized carbons (Fsp3) is 0.481. The maximum atomic E-state index is 9.75. The highest BCUT2D eigenvalue weighted by Crippen LogP contribution is 2.37. The molecule has 0 spiro atoms. The molecule has 5 rings (SSSR count). The van der Waals surface area contributed by atoms with Crippen LogP contribution in [0.1, 0.15) is 99.0 Å². The zero-order chi connectivity index (χ0) is 26.4. The highest BCUT2D eigenvalue weighted by Gasteiger charge is 2.43. The van der Waals surface area contributed by atoms with Crippen LogP contribution < -0.4 is 4.57 Å². The Morgan fingerprint density at radius 1 is 0.944 bits per heavy atom. The van der Waals surface area contributed by atoms with E-state index in [-0.39, 0.29) is 12.1 Å². The fourth-order valence-electron chi connectivity index (χ4n) is 5.21. The third-order valence-corrected chi connectivity index (χ3v) is 6.96. The van der Waals surface area contributed by atoms with Gasteiger partial charge in [-0.1, -0.05) is 82.6 Å². The first kappa shape index (κ1) is 26.4. The number of ether oxygens (including phenoxy) is 1. The second kappa shape index (κ2) is 10.00. The number of rotatable bonds is 4. The van der Waals surface area contributed by atoms with E-state index in [1.807, 2.05) is 0 Å². The van der Waals surface area contributed by atoms with Crippen LogP contribution >= 0.6 is 0 Å². The summed E-state index contributed by atoms with van der Waals surface area (Å²) in [4.78, 5) is 0. The molecule has 0 bridgehead atoms. The molecular formula is C27H34BF4N3O. The van der Waals surface area contributed by atoms with Gasteiger partial charge in [-0.15, -0.1) is 0 Å². The van der Waals surface area contributed by atoms with Gasteiger partial charge in [0.2, 0.25) is 6.33 Å². The standard InChI is InChI=1S/C27H34N3O.BF4/c1-16(2)20-11-22(17(3)4)26(23(12-20)18(5)6)30-15-29-25(28-30)14-31-24-13-19-9-7-8-10-21(19)27(24)29;2-1(3,4)5/h7-12,15-18,24,27H,13-14H2,1-6H3;/q+1;-1. The molecule has 2 aromatic carbocycles. The van der Waals surface area contributed by atoms with E-state index in [0.717, 1.165) is 12.2 Å². The van der Waals surface area contributed by atoms with Gasteiger partial charge in [0.05, 0.1) is 0 Å². The van der Waals surface area contributed by atoms with Crippen LogP contribution in [0.4, 0.5) is 17.3 Å². The van der Waals surface area contributed by atoms with Crippen molar-refractivity contribution >= 4 is 7.25 Å². The van der Waals surface area contributed by atoms with E-state index in [4.69, 9.17) is 9.84 Å². The molecule has 194 valence electrons. The average Bonchev–Trinajstić information content (AvgIpc) is 3.37. The van der Waals surface area contributed by atoms with Gasteiger partial charge in [-0.05, 0) is 45.6 Å². The fourth-order valence-corrected chi connectivity index (χ4v) is 5.21. The molecule has 0 N–H and O–H groups in total. The molecule has 0 radical (unpaired) electrons. The number of halogens is 4. The van der Waals surface area contributed by atoms with Gasteiger partial charge in [-0.25, -0.2) is 4.57 Å². The predicted molar refractivity (Wildman–Crippen MR) is 133 cm³/mol. The van der Waals surface area contributed by atoms with Gasteiger partial charge in [0.15, 0.2) is 0 Å². The summed E-state index contributed by atoms with van der Waals surface area (Å²) in [5.41, 5.74) is 8.19. The third-order valence-electron chi connectivity index (χ3n) is 6.96. The Hall–Kier alpha value is -2.68. The first-order valence-corrected chi connectivity index (χ1v) is 12.6. The molecule has 0 saturated heterocycles. The number of benzene rings is 2. The molecule has 0 fully saturated rings. The lowest BCUT2D eigenvalue weighted by Crippen LogP contribution is -2.51. The number of fused-ring (bicyclic) bond motifs is 5. The second-order valence-corrected chi connectivity index (χ2v) is 10.6. The van der Waals surface area contributed by atoms with Gasteiger partial charge < -0.3 is 22.0 Å². The Balaban J connectivity index is 0.000000556.